The number of halogens is 3. The van der Waals surface area contributed by atoms with Gasteiger partial charge in [0.2, 0.25) is 0 Å². The summed E-state index contributed by atoms with van der Waals surface area (Å²) in [4.78, 5) is 11.1. The van der Waals surface area contributed by atoms with Gasteiger partial charge in [-0.25, -0.2) is 0 Å². The van der Waals surface area contributed by atoms with Gasteiger partial charge in [0.15, 0.2) is 0 Å². The smallest absolute Gasteiger partial charge is 0.416 e. The Bertz CT molecular complexity index is 939. The average Bonchev–Trinajstić information content (AvgIpc) is 2.83. The molecule has 0 bridgehead atoms. The van der Waals surface area contributed by atoms with Crippen molar-refractivity contribution >= 4 is 17.7 Å². The van der Waals surface area contributed by atoms with Crippen LogP contribution in [-0.4, -0.2) is 5.11 Å². The number of aliphatic hydroxyl groups excluding tert-OH is 1. The number of hydrogen-bond acceptors (Lipinski definition) is 4. The lowest BCUT2D eigenvalue weighted by atomic mass is 9.84. The molecule has 0 aliphatic heterocycles. The van der Waals surface area contributed by atoms with Crippen molar-refractivity contribution in [2.75, 3.05) is 0 Å². The van der Waals surface area contributed by atoms with Gasteiger partial charge in [0.1, 0.15) is 11.2 Å². The van der Waals surface area contributed by atoms with E-state index in [2.05, 4.69) is 5.18 Å². The van der Waals surface area contributed by atoms with Crippen molar-refractivity contribution in [2.45, 2.75) is 26.4 Å². The minimum atomic E-state index is -4.52. The highest BCUT2D eigenvalue weighted by Gasteiger charge is 2.32. The molecule has 1 heterocycles. The SMILES string of the molecule is CC1(C)C=c2oc(N=O)c(-c3cccc(C(F)(F)F)c3)c2=C(O)C1. The van der Waals surface area contributed by atoms with E-state index in [1.807, 2.05) is 13.8 Å². The monoisotopic (exact) mass is 337 g/mol. The van der Waals surface area contributed by atoms with E-state index >= 15 is 0 Å². The second-order valence-corrected chi connectivity index (χ2v) is 6.45. The van der Waals surface area contributed by atoms with E-state index in [1.165, 1.54) is 12.1 Å². The van der Waals surface area contributed by atoms with E-state index in [0.29, 0.717) is 0 Å². The molecule has 3 rings (SSSR count). The van der Waals surface area contributed by atoms with Crippen molar-refractivity contribution in [1.82, 2.24) is 0 Å². The Hall–Kier alpha value is -2.57. The fourth-order valence-corrected chi connectivity index (χ4v) is 2.93. The Balaban J connectivity index is 2.34. The molecule has 0 spiro atoms. The number of alkyl halides is 3. The summed E-state index contributed by atoms with van der Waals surface area (Å²) < 4.78 is 44.2. The number of nitrogens with zero attached hydrogens (tertiary/aromatic N) is 1. The Morgan fingerprint density at radius 3 is 2.62 bits per heavy atom. The quantitative estimate of drug-likeness (QED) is 0.834. The molecule has 0 fully saturated rings. The van der Waals surface area contributed by atoms with Crippen molar-refractivity contribution < 1.29 is 22.7 Å². The number of hydrogen-bond donors (Lipinski definition) is 1. The van der Waals surface area contributed by atoms with Crippen molar-refractivity contribution in [3.63, 3.8) is 0 Å². The average molecular weight is 337 g/mol. The second kappa shape index (κ2) is 5.22. The number of aliphatic hydroxyl groups is 1. The minimum Gasteiger partial charge on any atom is -0.511 e. The molecule has 126 valence electrons. The second-order valence-electron chi connectivity index (χ2n) is 6.45. The van der Waals surface area contributed by atoms with E-state index in [1.54, 1.807) is 6.08 Å². The standard InChI is InChI=1S/C17H14F3NO3/c1-16(2)7-11(22)14-12(8-16)24-15(21-23)13(14)9-4-3-5-10(6-9)17(18,19)20/h3-6,8,22H,7H2,1-2H3. The number of fused-ring (bicyclic) bond motifs is 1. The van der Waals surface area contributed by atoms with Gasteiger partial charge in [0.25, 0.3) is 5.88 Å². The first-order valence-electron chi connectivity index (χ1n) is 7.21. The Labute approximate surface area is 134 Å². The maximum atomic E-state index is 12.9. The molecule has 4 nitrogen and oxygen atoms in total. The normalized spacial score (nSPS) is 16.5. The molecular weight excluding hydrogens is 323 g/mol. The Kier molecular flexibility index (Phi) is 3.55. The van der Waals surface area contributed by atoms with Crippen molar-refractivity contribution in [3.8, 4) is 11.1 Å². The molecule has 1 aromatic heterocycles. The van der Waals surface area contributed by atoms with Crippen LogP contribution >= 0.6 is 0 Å². The number of rotatable bonds is 2. The molecule has 1 aromatic carbocycles. The molecule has 1 aliphatic rings. The van der Waals surface area contributed by atoms with E-state index < -0.39 is 17.2 Å². The van der Waals surface area contributed by atoms with Crippen LogP contribution < -0.4 is 10.6 Å². The third kappa shape index (κ3) is 2.70. The summed E-state index contributed by atoms with van der Waals surface area (Å²) in [5.74, 6) is -0.386. The topological polar surface area (TPSA) is 62.8 Å². The largest absolute Gasteiger partial charge is 0.511 e. The van der Waals surface area contributed by atoms with Crippen LogP contribution in [0, 0.1) is 10.3 Å². The van der Waals surface area contributed by atoms with Crippen LogP contribution in [0.4, 0.5) is 19.1 Å². The van der Waals surface area contributed by atoms with Crippen LogP contribution in [0.3, 0.4) is 0 Å². The summed E-state index contributed by atoms with van der Waals surface area (Å²) in [5, 5.41) is 13.4. The summed E-state index contributed by atoms with van der Waals surface area (Å²) in [6, 6.07) is 4.50. The molecule has 1 N–H and O–H groups in total. The van der Waals surface area contributed by atoms with Gasteiger partial charge < -0.3 is 9.52 Å². The molecule has 7 heteroatoms. The predicted molar refractivity (Wildman–Crippen MR) is 82.8 cm³/mol. The van der Waals surface area contributed by atoms with Gasteiger partial charge in [-0.05, 0) is 29.2 Å². The van der Waals surface area contributed by atoms with Crippen molar-refractivity contribution in [1.29, 1.82) is 0 Å². The highest BCUT2D eigenvalue weighted by molar-refractivity contribution is 5.76. The van der Waals surface area contributed by atoms with Crippen LogP contribution in [0.5, 0.6) is 0 Å². The maximum absolute atomic E-state index is 12.9. The fraction of sp³-hybridized carbons (Fsp3) is 0.294. The lowest BCUT2D eigenvalue weighted by Gasteiger charge is -2.21. The van der Waals surface area contributed by atoms with Crippen molar-refractivity contribution in [3.05, 3.63) is 45.4 Å². The summed E-state index contributed by atoms with van der Waals surface area (Å²) in [7, 11) is 0. The van der Waals surface area contributed by atoms with Crippen LogP contribution in [0.25, 0.3) is 23.0 Å². The lowest BCUT2D eigenvalue weighted by molar-refractivity contribution is -0.137. The van der Waals surface area contributed by atoms with Crippen LogP contribution in [0.15, 0.2) is 33.9 Å². The minimum absolute atomic E-state index is 0.0384. The van der Waals surface area contributed by atoms with Gasteiger partial charge in [-0.3, -0.25) is 0 Å². The summed E-state index contributed by atoms with van der Waals surface area (Å²) >= 11 is 0. The molecule has 0 unspecified atom stereocenters. The number of furan rings is 1. The number of benzene rings is 1. The summed E-state index contributed by atoms with van der Waals surface area (Å²) in [6.45, 7) is 3.74. The third-order valence-corrected chi connectivity index (χ3v) is 3.91. The summed E-state index contributed by atoms with van der Waals surface area (Å²) in [5.41, 5.74) is -0.822. The first-order chi connectivity index (χ1) is 11.1. The van der Waals surface area contributed by atoms with Gasteiger partial charge in [-0.2, -0.15) is 13.2 Å². The van der Waals surface area contributed by atoms with Gasteiger partial charge in [-0.1, -0.05) is 26.0 Å². The van der Waals surface area contributed by atoms with Crippen LogP contribution in [0.2, 0.25) is 0 Å². The molecule has 2 aromatic rings. The molecular formula is C17H14F3NO3. The van der Waals surface area contributed by atoms with Crippen molar-refractivity contribution in [2.24, 2.45) is 10.6 Å². The van der Waals surface area contributed by atoms with E-state index in [0.717, 1.165) is 12.1 Å². The molecule has 24 heavy (non-hydrogen) atoms. The zero-order chi connectivity index (χ0) is 17.7. The highest BCUT2D eigenvalue weighted by Crippen LogP contribution is 2.35. The molecule has 0 saturated heterocycles. The van der Waals surface area contributed by atoms with E-state index in [4.69, 9.17) is 4.42 Å². The first-order valence-corrected chi connectivity index (χ1v) is 7.21. The van der Waals surface area contributed by atoms with E-state index in [9.17, 15) is 23.2 Å². The van der Waals surface area contributed by atoms with Crippen LogP contribution in [0.1, 0.15) is 25.8 Å². The Morgan fingerprint density at radius 2 is 2.00 bits per heavy atom. The van der Waals surface area contributed by atoms with Gasteiger partial charge in [0.05, 0.1) is 16.3 Å². The predicted octanol–water partition coefficient (Wildman–Crippen LogP) is 4.24. The molecule has 0 saturated carbocycles. The fourth-order valence-electron chi connectivity index (χ4n) is 2.93. The molecule has 0 radical (unpaired) electrons. The molecule has 1 aliphatic carbocycles. The summed E-state index contributed by atoms with van der Waals surface area (Å²) in [6.07, 6.45) is -2.51. The van der Waals surface area contributed by atoms with E-state index in [-0.39, 0.29) is 39.8 Å². The lowest BCUT2D eigenvalue weighted by Crippen LogP contribution is -2.33. The zero-order valence-corrected chi connectivity index (χ0v) is 12.9. The maximum Gasteiger partial charge on any atom is 0.416 e. The van der Waals surface area contributed by atoms with Gasteiger partial charge in [-0.15, -0.1) is 4.91 Å². The Morgan fingerprint density at radius 1 is 1.29 bits per heavy atom. The third-order valence-electron chi connectivity index (χ3n) is 3.91. The molecule has 0 atom stereocenters. The number of nitroso groups, excluding NO2 is 1. The first kappa shape index (κ1) is 16.3. The van der Waals surface area contributed by atoms with Gasteiger partial charge in [0, 0.05) is 11.6 Å². The molecule has 0 amide bonds. The van der Waals surface area contributed by atoms with Crippen LogP contribution in [-0.2, 0) is 6.18 Å². The highest BCUT2D eigenvalue weighted by atomic mass is 19.4. The zero-order valence-electron chi connectivity index (χ0n) is 12.9. The van der Waals surface area contributed by atoms with Gasteiger partial charge >= 0.3 is 6.18 Å².